The Labute approximate surface area is 108 Å². The highest BCUT2D eigenvalue weighted by atomic mass is 32.2. The van der Waals surface area contributed by atoms with Crippen LogP contribution in [0.15, 0.2) is 17.0 Å². The number of hydrogen-bond acceptors (Lipinski definition) is 4. The molecule has 0 unspecified atom stereocenters. The lowest BCUT2D eigenvalue weighted by Gasteiger charge is -2.19. The molecule has 0 aliphatic carbocycles. The van der Waals surface area contributed by atoms with Crippen molar-refractivity contribution in [1.82, 2.24) is 4.31 Å². The van der Waals surface area contributed by atoms with Gasteiger partial charge in [-0.05, 0) is 37.1 Å². The second-order valence-electron chi connectivity index (χ2n) is 4.14. The lowest BCUT2D eigenvalue weighted by Crippen LogP contribution is -2.30. The zero-order chi connectivity index (χ0) is 13.9. The molecule has 0 saturated heterocycles. The van der Waals surface area contributed by atoms with Gasteiger partial charge in [-0.25, -0.2) is 8.42 Å². The van der Waals surface area contributed by atoms with Crippen LogP contribution < -0.4 is 4.74 Å². The zero-order valence-corrected chi connectivity index (χ0v) is 11.9. The van der Waals surface area contributed by atoms with Crippen molar-refractivity contribution in [3.05, 3.63) is 23.3 Å². The lowest BCUT2D eigenvalue weighted by atomic mass is 10.1. The Morgan fingerprint density at radius 3 is 2.17 bits per heavy atom. The Bertz CT molecular complexity index is 502. The Morgan fingerprint density at radius 1 is 1.28 bits per heavy atom. The monoisotopic (exact) mass is 273 g/mol. The van der Waals surface area contributed by atoms with E-state index in [9.17, 15) is 8.42 Å². The van der Waals surface area contributed by atoms with Gasteiger partial charge >= 0.3 is 0 Å². The molecular formula is C12H19NO4S. The molecular weight excluding hydrogens is 254 g/mol. The van der Waals surface area contributed by atoms with Crippen LogP contribution in [0.4, 0.5) is 0 Å². The molecule has 0 atom stereocenters. The van der Waals surface area contributed by atoms with Crippen molar-refractivity contribution in [3.63, 3.8) is 0 Å². The van der Waals surface area contributed by atoms with Gasteiger partial charge in [-0.3, -0.25) is 0 Å². The quantitative estimate of drug-likeness (QED) is 0.866. The van der Waals surface area contributed by atoms with Crippen molar-refractivity contribution in [3.8, 4) is 5.75 Å². The molecule has 0 saturated carbocycles. The normalized spacial score (nSPS) is 11.9. The van der Waals surface area contributed by atoms with Crippen LogP contribution >= 0.6 is 0 Å². The number of likely N-dealkylation sites (N-methyl/N-ethyl adjacent to an activating group) is 1. The van der Waals surface area contributed by atoms with Crippen molar-refractivity contribution >= 4 is 10.0 Å². The van der Waals surface area contributed by atoms with E-state index in [4.69, 9.17) is 9.84 Å². The molecule has 6 heteroatoms. The van der Waals surface area contributed by atoms with E-state index >= 15 is 0 Å². The highest BCUT2D eigenvalue weighted by Gasteiger charge is 2.24. The predicted octanol–water partition coefficient (Wildman–Crippen LogP) is 0.925. The molecule has 102 valence electrons. The van der Waals surface area contributed by atoms with Crippen molar-refractivity contribution in [2.45, 2.75) is 18.7 Å². The molecule has 0 spiro atoms. The Morgan fingerprint density at radius 2 is 1.78 bits per heavy atom. The summed E-state index contributed by atoms with van der Waals surface area (Å²) in [6.07, 6.45) is 0. The maximum absolute atomic E-state index is 12.3. The highest BCUT2D eigenvalue weighted by molar-refractivity contribution is 7.89. The third-order valence-corrected chi connectivity index (χ3v) is 4.92. The van der Waals surface area contributed by atoms with E-state index in [0.29, 0.717) is 16.9 Å². The average Bonchev–Trinajstić information content (AvgIpc) is 2.27. The minimum absolute atomic E-state index is 0.0766. The summed E-state index contributed by atoms with van der Waals surface area (Å²) < 4.78 is 30.9. The predicted molar refractivity (Wildman–Crippen MR) is 69.4 cm³/mol. The molecule has 1 aromatic rings. The van der Waals surface area contributed by atoms with E-state index in [0.717, 1.165) is 4.31 Å². The minimum atomic E-state index is -3.57. The van der Waals surface area contributed by atoms with Crippen LogP contribution in [0.5, 0.6) is 5.75 Å². The van der Waals surface area contributed by atoms with Crippen LogP contribution in [0.3, 0.4) is 0 Å². The first kappa shape index (κ1) is 14.9. The van der Waals surface area contributed by atoms with Gasteiger partial charge < -0.3 is 9.84 Å². The summed E-state index contributed by atoms with van der Waals surface area (Å²) >= 11 is 0. The summed E-state index contributed by atoms with van der Waals surface area (Å²) in [5.41, 5.74) is 1.27. The number of methoxy groups -OCH3 is 1. The molecule has 0 radical (unpaired) electrons. The van der Waals surface area contributed by atoms with Crippen LogP contribution in [-0.2, 0) is 10.0 Å². The van der Waals surface area contributed by atoms with Gasteiger partial charge in [0, 0.05) is 13.6 Å². The van der Waals surface area contributed by atoms with Crippen molar-refractivity contribution in [1.29, 1.82) is 0 Å². The van der Waals surface area contributed by atoms with Gasteiger partial charge in [-0.15, -0.1) is 0 Å². The summed E-state index contributed by atoms with van der Waals surface area (Å²) in [4.78, 5) is 0.277. The number of hydrogen-bond donors (Lipinski definition) is 1. The molecule has 0 heterocycles. The number of sulfonamides is 1. The van der Waals surface area contributed by atoms with Crippen molar-refractivity contribution < 1.29 is 18.3 Å². The van der Waals surface area contributed by atoms with E-state index in [1.54, 1.807) is 33.1 Å². The summed E-state index contributed by atoms with van der Waals surface area (Å²) in [7, 11) is -0.575. The van der Waals surface area contributed by atoms with Crippen LogP contribution in [0.2, 0.25) is 0 Å². The Kier molecular flexibility index (Phi) is 4.72. The van der Waals surface area contributed by atoms with Gasteiger partial charge in [-0.1, -0.05) is 0 Å². The van der Waals surface area contributed by atoms with Crippen LogP contribution in [-0.4, -0.2) is 45.1 Å². The first-order chi connectivity index (χ1) is 8.34. The molecule has 1 N–H and O–H groups in total. The Balaban J connectivity index is 3.33. The van der Waals surface area contributed by atoms with E-state index in [1.165, 1.54) is 7.05 Å². The number of aliphatic hydroxyl groups excluding tert-OH is 1. The molecule has 0 bridgehead atoms. The largest absolute Gasteiger partial charge is 0.497 e. The number of benzene rings is 1. The standard InChI is InChI=1S/C12H19NO4S/c1-9-7-11(17-4)8-10(2)12(9)18(15,16)13(3)5-6-14/h7-8,14H,5-6H2,1-4H3. The fraction of sp³-hybridized carbons (Fsp3) is 0.500. The first-order valence-corrected chi connectivity index (χ1v) is 7.01. The van der Waals surface area contributed by atoms with Crippen LogP contribution in [0.1, 0.15) is 11.1 Å². The SMILES string of the molecule is COc1cc(C)c(S(=O)(=O)N(C)CCO)c(C)c1. The minimum Gasteiger partial charge on any atom is -0.497 e. The van der Waals surface area contributed by atoms with Crippen LogP contribution in [0.25, 0.3) is 0 Å². The van der Waals surface area contributed by atoms with Crippen molar-refractivity contribution in [2.75, 3.05) is 27.3 Å². The molecule has 0 fully saturated rings. The average molecular weight is 273 g/mol. The smallest absolute Gasteiger partial charge is 0.243 e. The third kappa shape index (κ3) is 2.82. The maximum atomic E-state index is 12.3. The summed E-state index contributed by atoms with van der Waals surface area (Å²) in [6.45, 7) is 3.33. The highest BCUT2D eigenvalue weighted by Crippen LogP contribution is 2.27. The number of rotatable bonds is 5. The molecule has 0 aromatic heterocycles. The van der Waals surface area contributed by atoms with Crippen molar-refractivity contribution in [2.24, 2.45) is 0 Å². The van der Waals surface area contributed by atoms with Gasteiger partial charge in [0.2, 0.25) is 10.0 Å². The van der Waals surface area contributed by atoms with E-state index in [1.807, 2.05) is 0 Å². The van der Waals surface area contributed by atoms with Gasteiger partial charge in [0.1, 0.15) is 5.75 Å². The number of ether oxygens (including phenoxy) is 1. The molecule has 0 aliphatic heterocycles. The Hall–Kier alpha value is -1.11. The lowest BCUT2D eigenvalue weighted by molar-refractivity contribution is 0.266. The number of aliphatic hydroxyl groups is 1. The summed E-state index contributed by atoms with van der Waals surface area (Å²) in [6, 6.07) is 3.37. The molecule has 0 aliphatic rings. The fourth-order valence-corrected chi connectivity index (χ4v) is 3.42. The molecule has 1 aromatic carbocycles. The number of nitrogens with zero attached hydrogens (tertiary/aromatic N) is 1. The van der Waals surface area contributed by atoms with E-state index < -0.39 is 10.0 Å². The second kappa shape index (κ2) is 5.69. The van der Waals surface area contributed by atoms with Gasteiger partial charge in [0.05, 0.1) is 18.6 Å². The van der Waals surface area contributed by atoms with Crippen LogP contribution in [0, 0.1) is 13.8 Å². The zero-order valence-electron chi connectivity index (χ0n) is 11.1. The van der Waals surface area contributed by atoms with Gasteiger partial charge in [0.25, 0.3) is 0 Å². The molecule has 18 heavy (non-hydrogen) atoms. The fourth-order valence-electron chi connectivity index (χ4n) is 1.85. The van der Waals surface area contributed by atoms with Gasteiger partial charge in [0.15, 0.2) is 0 Å². The van der Waals surface area contributed by atoms with E-state index in [2.05, 4.69) is 0 Å². The summed E-state index contributed by atoms with van der Waals surface area (Å²) in [5, 5.41) is 8.84. The first-order valence-electron chi connectivity index (χ1n) is 5.57. The van der Waals surface area contributed by atoms with E-state index in [-0.39, 0.29) is 18.0 Å². The molecule has 5 nitrogen and oxygen atoms in total. The maximum Gasteiger partial charge on any atom is 0.243 e. The van der Waals surface area contributed by atoms with Gasteiger partial charge in [-0.2, -0.15) is 4.31 Å². The number of aryl methyl sites for hydroxylation is 2. The third-order valence-electron chi connectivity index (χ3n) is 2.75. The molecule has 0 amide bonds. The molecule has 1 rings (SSSR count). The second-order valence-corrected chi connectivity index (χ2v) is 6.12. The topological polar surface area (TPSA) is 66.8 Å². The summed E-state index contributed by atoms with van der Waals surface area (Å²) in [5.74, 6) is 0.633.